The third-order valence-electron chi connectivity index (χ3n) is 7.51. The zero-order chi connectivity index (χ0) is 29.4. The average Bonchev–Trinajstić information content (AvgIpc) is 3.57. The van der Waals surface area contributed by atoms with Gasteiger partial charge in [0, 0.05) is 44.1 Å². The first-order chi connectivity index (χ1) is 20.4. The second kappa shape index (κ2) is 14.0. The normalized spacial score (nSPS) is 16.1. The van der Waals surface area contributed by atoms with Gasteiger partial charge in [-0.1, -0.05) is 0 Å². The van der Waals surface area contributed by atoms with Gasteiger partial charge in [0.25, 0.3) is 0 Å². The molecule has 2 fully saturated rings. The Morgan fingerprint density at radius 2 is 1.60 bits per heavy atom. The van der Waals surface area contributed by atoms with E-state index in [1.807, 2.05) is 29.2 Å². The summed E-state index contributed by atoms with van der Waals surface area (Å²) in [5, 5.41) is 8.59. The quantitative estimate of drug-likeness (QED) is 0.252. The van der Waals surface area contributed by atoms with Gasteiger partial charge in [-0.05, 0) is 44.9 Å². The highest BCUT2D eigenvalue weighted by Gasteiger charge is 2.40. The first kappa shape index (κ1) is 29.9. The Balaban J connectivity index is 1.03. The minimum atomic E-state index is -0.0554. The SMILES string of the molecule is CC(=O)CCOCCOCCOCCC(=O)N1CCN(c2cc(-c3n[nH]c4ccc(OC5(C)CC5)cc34)ncn2)CC1. The molecule has 1 saturated carbocycles. The molecule has 0 unspecified atom stereocenters. The van der Waals surface area contributed by atoms with Crippen molar-refractivity contribution in [1.82, 2.24) is 25.1 Å². The van der Waals surface area contributed by atoms with Crippen molar-refractivity contribution >= 4 is 28.4 Å². The number of nitrogens with one attached hydrogen (secondary N) is 1. The molecule has 0 radical (unpaired) electrons. The number of hydrogen-bond donors (Lipinski definition) is 1. The van der Waals surface area contributed by atoms with Gasteiger partial charge < -0.3 is 28.7 Å². The Morgan fingerprint density at radius 3 is 2.29 bits per heavy atom. The Kier molecular flexibility index (Phi) is 9.98. The van der Waals surface area contributed by atoms with Crippen molar-refractivity contribution in [2.75, 3.05) is 70.7 Å². The number of Topliss-reactive ketones (excluding diaryl/α,β-unsaturated/α-hetero) is 1. The number of ketones is 1. The highest BCUT2D eigenvalue weighted by molar-refractivity contribution is 5.93. The molecule has 5 rings (SSSR count). The van der Waals surface area contributed by atoms with Gasteiger partial charge in [-0.15, -0.1) is 0 Å². The van der Waals surface area contributed by atoms with E-state index >= 15 is 0 Å². The number of amides is 1. The molecule has 3 heterocycles. The molecule has 0 spiro atoms. The summed E-state index contributed by atoms with van der Waals surface area (Å²) in [6.07, 6.45) is 4.47. The van der Waals surface area contributed by atoms with Crippen molar-refractivity contribution in [3.63, 3.8) is 0 Å². The maximum Gasteiger partial charge on any atom is 0.225 e. The standard InChI is InChI=1S/C30H40N6O6/c1-22(37)5-13-39-15-17-41-18-16-40-14-6-28(38)36-11-9-35(10-12-36)27-20-26(31-21-32-27)29-24-19-23(42-30(2)7-8-30)3-4-25(24)33-34-29/h3-4,19-21H,5-18H2,1-2H3,(H,33,34). The third kappa shape index (κ3) is 8.24. The Hall–Kier alpha value is -3.61. The van der Waals surface area contributed by atoms with Gasteiger partial charge in [-0.2, -0.15) is 5.10 Å². The summed E-state index contributed by atoms with van der Waals surface area (Å²) in [7, 11) is 0. The minimum Gasteiger partial charge on any atom is -0.488 e. The molecular formula is C30H40N6O6. The summed E-state index contributed by atoms with van der Waals surface area (Å²) >= 11 is 0. The Labute approximate surface area is 245 Å². The summed E-state index contributed by atoms with van der Waals surface area (Å²) in [6.45, 7) is 8.82. The number of aromatic nitrogens is 4. The molecule has 12 heteroatoms. The first-order valence-corrected chi connectivity index (χ1v) is 14.7. The number of aromatic amines is 1. The van der Waals surface area contributed by atoms with E-state index in [9.17, 15) is 9.59 Å². The molecule has 226 valence electrons. The van der Waals surface area contributed by atoms with Crippen LogP contribution in [-0.2, 0) is 23.8 Å². The zero-order valence-corrected chi connectivity index (χ0v) is 24.5. The fourth-order valence-corrected chi connectivity index (χ4v) is 4.72. The van der Waals surface area contributed by atoms with E-state index in [0.717, 1.165) is 46.7 Å². The monoisotopic (exact) mass is 580 g/mol. The van der Waals surface area contributed by atoms with Gasteiger partial charge in [0.05, 0.1) is 57.3 Å². The van der Waals surface area contributed by atoms with Crippen LogP contribution in [0, 0.1) is 0 Å². The lowest BCUT2D eigenvalue weighted by atomic mass is 10.1. The first-order valence-electron chi connectivity index (χ1n) is 14.7. The van der Waals surface area contributed by atoms with Gasteiger partial charge in [0.15, 0.2) is 0 Å². The molecule has 1 amide bonds. The summed E-state index contributed by atoms with van der Waals surface area (Å²) in [5.74, 6) is 1.85. The highest BCUT2D eigenvalue weighted by Crippen LogP contribution is 2.40. The number of carbonyl (C=O) groups excluding carboxylic acids is 2. The average molecular weight is 581 g/mol. The van der Waals surface area contributed by atoms with E-state index in [0.29, 0.717) is 78.7 Å². The fourth-order valence-electron chi connectivity index (χ4n) is 4.72. The number of ether oxygens (including phenoxy) is 4. The lowest BCUT2D eigenvalue weighted by Crippen LogP contribution is -2.49. The summed E-state index contributed by atoms with van der Waals surface area (Å²) in [5.41, 5.74) is 2.37. The molecule has 1 N–H and O–H groups in total. The molecule has 42 heavy (non-hydrogen) atoms. The zero-order valence-electron chi connectivity index (χ0n) is 24.5. The summed E-state index contributed by atoms with van der Waals surface area (Å²) < 4.78 is 22.5. The molecule has 1 saturated heterocycles. The van der Waals surface area contributed by atoms with Crippen LogP contribution in [-0.4, -0.2) is 108 Å². The van der Waals surface area contributed by atoms with Crippen molar-refractivity contribution in [2.24, 2.45) is 0 Å². The molecule has 1 aliphatic carbocycles. The maximum absolute atomic E-state index is 12.7. The molecule has 0 atom stereocenters. The summed E-state index contributed by atoms with van der Waals surface area (Å²) in [6, 6.07) is 7.94. The van der Waals surface area contributed by atoms with Gasteiger partial charge in [-0.3, -0.25) is 14.7 Å². The van der Waals surface area contributed by atoms with E-state index in [4.69, 9.17) is 18.9 Å². The number of anilines is 1. The molecule has 2 aromatic heterocycles. The van der Waals surface area contributed by atoms with E-state index in [2.05, 4.69) is 32.0 Å². The number of fused-ring (bicyclic) bond motifs is 1. The van der Waals surface area contributed by atoms with Crippen LogP contribution in [0.25, 0.3) is 22.3 Å². The lowest BCUT2D eigenvalue weighted by Gasteiger charge is -2.35. The van der Waals surface area contributed by atoms with Crippen LogP contribution in [0.1, 0.15) is 39.5 Å². The molecule has 0 bridgehead atoms. The predicted octanol–water partition coefficient (Wildman–Crippen LogP) is 3.02. The Bertz CT molecular complexity index is 1350. The van der Waals surface area contributed by atoms with Gasteiger partial charge in [0.1, 0.15) is 35.0 Å². The minimum absolute atomic E-state index is 0.0554. The highest BCUT2D eigenvalue weighted by atomic mass is 16.5. The van der Waals surface area contributed by atoms with E-state index in [1.54, 1.807) is 13.3 Å². The topological polar surface area (TPSA) is 132 Å². The third-order valence-corrected chi connectivity index (χ3v) is 7.51. The number of nitrogens with zero attached hydrogens (tertiary/aromatic N) is 5. The number of H-pyrrole nitrogens is 1. The van der Waals surface area contributed by atoms with Crippen molar-refractivity contribution in [3.05, 3.63) is 30.6 Å². The van der Waals surface area contributed by atoms with E-state index in [1.165, 1.54) is 0 Å². The fraction of sp³-hybridized carbons (Fsp3) is 0.567. The van der Waals surface area contributed by atoms with Crippen LogP contribution in [0.3, 0.4) is 0 Å². The van der Waals surface area contributed by atoms with E-state index < -0.39 is 0 Å². The Morgan fingerprint density at radius 1 is 0.905 bits per heavy atom. The molecule has 3 aromatic rings. The largest absolute Gasteiger partial charge is 0.488 e. The molecular weight excluding hydrogens is 540 g/mol. The number of carbonyl (C=O) groups is 2. The second-order valence-electron chi connectivity index (χ2n) is 11.0. The number of hydrogen-bond acceptors (Lipinski definition) is 10. The van der Waals surface area contributed by atoms with Crippen molar-refractivity contribution < 1.29 is 28.5 Å². The molecule has 2 aliphatic rings. The van der Waals surface area contributed by atoms with E-state index in [-0.39, 0.29) is 17.3 Å². The maximum atomic E-state index is 12.7. The second-order valence-corrected chi connectivity index (χ2v) is 11.0. The number of rotatable bonds is 16. The molecule has 12 nitrogen and oxygen atoms in total. The van der Waals surface area contributed by atoms with Crippen LogP contribution >= 0.6 is 0 Å². The van der Waals surface area contributed by atoms with Crippen LogP contribution in [0.2, 0.25) is 0 Å². The van der Waals surface area contributed by atoms with Crippen LogP contribution < -0.4 is 9.64 Å². The van der Waals surface area contributed by atoms with Crippen molar-refractivity contribution in [3.8, 4) is 17.1 Å². The smallest absolute Gasteiger partial charge is 0.225 e. The van der Waals surface area contributed by atoms with Crippen molar-refractivity contribution in [1.29, 1.82) is 0 Å². The van der Waals surface area contributed by atoms with Gasteiger partial charge in [0.2, 0.25) is 5.91 Å². The van der Waals surface area contributed by atoms with Crippen LogP contribution in [0.4, 0.5) is 5.82 Å². The van der Waals surface area contributed by atoms with Crippen LogP contribution in [0.15, 0.2) is 30.6 Å². The number of piperazine rings is 1. The van der Waals surface area contributed by atoms with Gasteiger partial charge >= 0.3 is 0 Å². The van der Waals surface area contributed by atoms with Crippen LogP contribution in [0.5, 0.6) is 5.75 Å². The predicted molar refractivity (Wildman–Crippen MR) is 157 cm³/mol. The summed E-state index contributed by atoms with van der Waals surface area (Å²) in [4.78, 5) is 36.6. The lowest BCUT2D eigenvalue weighted by molar-refractivity contribution is -0.132. The molecule has 1 aliphatic heterocycles. The van der Waals surface area contributed by atoms with Crippen molar-refractivity contribution in [2.45, 2.75) is 45.1 Å². The van der Waals surface area contributed by atoms with Gasteiger partial charge in [-0.25, -0.2) is 9.97 Å². The molecule has 1 aromatic carbocycles. The number of benzene rings is 1.